The molecule has 0 amide bonds. The van der Waals surface area contributed by atoms with Crippen molar-refractivity contribution in [2.24, 2.45) is 0 Å². The van der Waals surface area contributed by atoms with Crippen LogP contribution in [-0.2, 0) is 5.72 Å². The van der Waals surface area contributed by atoms with Gasteiger partial charge in [-0.15, -0.1) is 0 Å². The molecule has 0 unspecified atom stereocenters. The number of β-amino-alcohol motifs (C(OH)–C–C–N with tert-alkyl or cyclic N) is 1. The maximum atomic E-state index is 11.7. The predicted molar refractivity (Wildman–Crippen MR) is 99.3 cm³/mol. The Morgan fingerprint density at radius 3 is 2.48 bits per heavy atom. The number of hydrogen-bond acceptors (Lipinski definition) is 3. The van der Waals surface area contributed by atoms with Crippen molar-refractivity contribution in [3.8, 4) is 5.75 Å². The molecule has 0 radical (unpaired) electrons. The van der Waals surface area contributed by atoms with Crippen LogP contribution >= 0.6 is 0 Å². The Labute approximate surface area is 149 Å². The second-order valence-electron chi connectivity index (χ2n) is 6.85. The van der Waals surface area contributed by atoms with E-state index >= 15 is 0 Å². The number of amidine groups is 1. The van der Waals surface area contributed by atoms with Crippen LogP contribution < -0.4 is 9.64 Å². The molecule has 4 rings (SSSR count). The van der Waals surface area contributed by atoms with Crippen LogP contribution in [0.3, 0.4) is 0 Å². The first-order valence-electron chi connectivity index (χ1n) is 9.05. The summed E-state index contributed by atoms with van der Waals surface area (Å²) in [4.78, 5) is 2.29. The molecule has 2 heterocycles. The summed E-state index contributed by atoms with van der Waals surface area (Å²) >= 11 is 0. The molecule has 2 aromatic rings. The van der Waals surface area contributed by atoms with Crippen LogP contribution in [0.15, 0.2) is 54.6 Å². The van der Waals surface area contributed by atoms with E-state index in [1.165, 1.54) is 18.7 Å². The summed E-state index contributed by atoms with van der Waals surface area (Å²) in [6, 6.07) is 18.2. The molecule has 130 valence electrons. The van der Waals surface area contributed by atoms with Gasteiger partial charge in [-0.3, -0.25) is 0 Å². The lowest BCUT2D eigenvalue weighted by Gasteiger charge is -2.23. The largest absolute Gasteiger partial charge is 0.497 e. The van der Waals surface area contributed by atoms with Crippen molar-refractivity contribution < 1.29 is 14.4 Å². The smallest absolute Gasteiger partial charge is 0.271 e. The molecule has 2 aliphatic heterocycles. The zero-order chi connectivity index (χ0) is 17.3. The number of ether oxygens (including phenoxy) is 1. The minimum absolute atomic E-state index is 0.554. The third-order valence-corrected chi connectivity index (χ3v) is 5.35. The van der Waals surface area contributed by atoms with Crippen molar-refractivity contribution in [1.82, 2.24) is 0 Å². The number of hydrogen-bond donors (Lipinski definition) is 1. The molecule has 4 heteroatoms. The van der Waals surface area contributed by atoms with Gasteiger partial charge in [-0.05, 0) is 55.7 Å². The molecule has 4 nitrogen and oxygen atoms in total. The highest BCUT2D eigenvalue weighted by Crippen LogP contribution is 2.35. The average Bonchev–Trinajstić information content (AvgIpc) is 2.82. The zero-order valence-corrected chi connectivity index (χ0v) is 14.7. The number of aliphatic hydroxyl groups is 1. The van der Waals surface area contributed by atoms with Gasteiger partial charge in [0.05, 0.1) is 13.7 Å². The fourth-order valence-corrected chi connectivity index (χ4v) is 4.02. The topological polar surface area (TPSA) is 35.7 Å². The van der Waals surface area contributed by atoms with Gasteiger partial charge in [-0.2, -0.15) is 0 Å². The third-order valence-electron chi connectivity index (χ3n) is 5.35. The van der Waals surface area contributed by atoms with Crippen molar-refractivity contribution in [3.63, 3.8) is 0 Å². The highest BCUT2D eigenvalue weighted by Gasteiger charge is 2.51. The van der Waals surface area contributed by atoms with E-state index in [-0.39, 0.29) is 0 Å². The van der Waals surface area contributed by atoms with Crippen LogP contribution in [0.1, 0.15) is 31.2 Å². The number of benzene rings is 2. The average molecular weight is 337 g/mol. The molecule has 25 heavy (non-hydrogen) atoms. The quantitative estimate of drug-likeness (QED) is 0.873. The van der Waals surface area contributed by atoms with E-state index in [0.29, 0.717) is 6.54 Å². The summed E-state index contributed by atoms with van der Waals surface area (Å²) in [6.07, 6.45) is 4.51. The fourth-order valence-electron chi connectivity index (χ4n) is 4.02. The minimum Gasteiger partial charge on any atom is -0.497 e. The van der Waals surface area contributed by atoms with Crippen molar-refractivity contribution in [2.75, 3.05) is 25.1 Å². The molecular weight excluding hydrogens is 312 g/mol. The molecule has 0 spiro atoms. The Bertz CT molecular complexity index is 770. The summed E-state index contributed by atoms with van der Waals surface area (Å²) in [5.74, 6) is 2.05. The van der Waals surface area contributed by atoms with Crippen LogP contribution in [0.5, 0.6) is 5.75 Å². The van der Waals surface area contributed by atoms with Gasteiger partial charge in [-0.25, -0.2) is 9.48 Å². The van der Waals surface area contributed by atoms with Crippen LogP contribution in [0.2, 0.25) is 0 Å². The first kappa shape index (κ1) is 16.2. The van der Waals surface area contributed by atoms with Gasteiger partial charge in [0.25, 0.3) is 11.6 Å². The molecule has 1 atom stereocenters. The zero-order valence-electron chi connectivity index (χ0n) is 14.7. The van der Waals surface area contributed by atoms with E-state index in [9.17, 15) is 5.11 Å². The van der Waals surface area contributed by atoms with Crippen molar-refractivity contribution in [2.45, 2.75) is 31.4 Å². The summed E-state index contributed by atoms with van der Waals surface area (Å²) in [5, 5.41) is 11.7. The van der Waals surface area contributed by atoms with E-state index in [4.69, 9.17) is 4.74 Å². The van der Waals surface area contributed by atoms with Gasteiger partial charge in [0, 0.05) is 12.0 Å². The van der Waals surface area contributed by atoms with Crippen molar-refractivity contribution in [1.29, 1.82) is 0 Å². The van der Waals surface area contributed by atoms with E-state index in [1.54, 1.807) is 7.11 Å². The summed E-state index contributed by atoms with van der Waals surface area (Å²) in [6.45, 7) is 1.44. The Kier molecular flexibility index (Phi) is 4.22. The number of anilines is 1. The van der Waals surface area contributed by atoms with E-state index in [2.05, 4.69) is 33.7 Å². The molecule has 1 N–H and O–H groups in total. The van der Waals surface area contributed by atoms with Gasteiger partial charge in [0.1, 0.15) is 11.4 Å². The lowest BCUT2D eigenvalue weighted by Crippen LogP contribution is -2.41. The third kappa shape index (κ3) is 2.81. The fraction of sp³-hybridized carbons (Fsp3) is 0.381. The molecule has 2 aromatic carbocycles. The van der Waals surface area contributed by atoms with Crippen LogP contribution in [0.25, 0.3) is 0 Å². The van der Waals surface area contributed by atoms with Gasteiger partial charge < -0.3 is 9.84 Å². The van der Waals surface area contributed by atoms with Gasteiger partial charge >= 0.3 is 0 Å². The molecule has 0 fully saturated rings. The second-order valence-corrected chi connectivity index (χ2v) is 6.85. The van der Waals surface area contributed by atoms with Crippen molar-refractivity contribution >= 4 is 11.5 Å². The van der Waals surface area contributed by atoms with E-state index in [0.717, 1.165) is 36.4 Å². The Balaban J connectivity index is 1.78. The van der Waals surface area contributed by atoms with Crippen LogP contribution in [0.4, 0.5) is 5.69 Å². The lowest BCUT2D eigenvalue weighted by atomic mass is 10.0. The SMILES string of the molecule is COc1ccc([C@]2(O)CN(c3ccccc3)C3=[N+]2CCCCC3)cc1. The standard InChI is InChI=1S/C21H25N2O2/c1-25-19-13-11-17(12-14-19)21(24)16-22(18-8-4-2-5-9-18)20-10-6-3-7-15-23(20)21/h2,4-5,8-9,11-14,24H,3,6-7,10,15-16H2,1H3/q+1/t21-/m1/s1. The normalized spacial score (nSPS) is 23.4. The molecule has 0 aliphatic carbocycles. The molecular formula is C21H25N2O2+. The second kappa shape index (κ2) is 6.52. The maximum absolute atomic E-state index is 11.7. The summed E-state index contributed by atoms with van der Waals surface area (Å²) < 4.78 is 7.49. The maximum Gasteiger partial charge on any atom is 0.271 e. The Morgan fingerprint density at radius 2 is 1.76 bits per heavy atom. The van der Waals surface area contributed by atoms with E-state index < -0.39 is 5.72 Å². The highest BCUT2D eigenvalue weighted by atomic mass is 16.5. The number of nitrogens with zero attached hydrogens (tertiary/aromatic N) is 2. The van der Waals surface area contributed by atoms with Crippen LogP contribution in [-0.4, -0.2) is 35.7 Å². The van der Waals surface area contributed by atoms with Gasteiger partial charge in [-0.1, -0.05) is 18.2 Å². The minimum atomic E-state index is -0.998. The lowest BCUT2D eigenvalue weighted by molar-refractivity contribution is -0.658. The van der Waals surface area contributed by atoms with Crippen molar-refractivity contribution in [3.05, 3.63) is 60.2 Å². The molecule has 0 saturated carbocycles. The molecule has 2 aliphatic rings. The molecule has 0 bridgehead atoms. The first-order chi connectivity index (χ1) is 12.2. The number of methoxy groups -OCH3 is 1. The molecule has 0 saturated heterocycles. The summed E-state index contributed by atoms with van der Waals surface area (Å²) in [7, 11) is 1.66. The van der Waals surface area contributed by atoms with Gasteiger partial charge in [0.2, 0.25) is 0 Å². The monoisotopic (exact) mass is 337 g/mol. The molecule has 0 aromatic heterocycles. The first-order valence-corrected chi connectivity index (χ1v) is 9.05. The summed E-state index contributed by atoms with van der Waals surface area (Å²) in [5.41, 5.74) is 1.07. The predicted octanol–water partition coefficient (Wildman–Crippen LogP) is 3.35. The van der Waals surface area contributed by atoms with Crippen LogP contribution in [0, 0.1) is 0 Å². The number of rotatable bonds is 3. The Morgan fingerprint density at radius 1 is 1.00 bits per heavy atom. The van der Waals surface area contributed by atoms with E-state index in [1.807, 2.05) is 30.3 Å². The highest BCUT2D eigenvalue weighted by molar-refractivity contribution is 5.95. The Hall–Kier alpha value is -2.33. The number of para-hydroxylation sites is 1. The van der Waals surface area contributed by atoms with Gasteiger partial charge in [0.15, 0.2) is 6.54 Å².